The van der Waals surface area contributed by atoms with E-state index in [9.17, 15) is 8.42 Å². The second kappa shape index (κ2) is 12.3. The number of aliphatic imine (C=N–C) groups is 1. The number of ether oxygens (including phenoxy) is 2. The van der Waals surface area contributed by atoms with Crippen molar-refractivity contribution in [3.8, 4) is 0 Å². The van der Waals surface area contributed by atoms with Gasteiger partial charge in [-0.05, 0) is 13.3 Å². The summed E-state index contributed by atoms with van der Waals surface area (Å²) in [5.74, 6) is 1.36. The fourth-order valence-corrected chi connectivity index (χ4v) is 2.72. The van der Waals surface area contributed by atoms with Gasteiger partial charge in [0.2, 0.25) is 0 Å². The lowest BCUT2D eigenvalue weighted by atomic mass is 10.1. The first-order valence-electron chi connectivity index (χ1n) is 7.74. The molecule has 1 atom stereocenters. The largest absolute Gasteiger partial charge is 0.382 e. The maximum Gasteiger partial charge on any atom is 0.193 e. The third-order valence-corrected chi connectivity index (χ3v) is 4.35. The quantitative estimate of drug-likeness (QED) is 0.234. The summed E-state index contributed by atoms with van der Waals surface area (Å²) in [5.41, 5.74) is 0. The Labute approximate surface area is 157 Å². The van der Waals surface area contributed by atoms with E-state index in [-0.39, 0.29) is 29.7 Å². The van der Waals surface area contributed by atoms with E-state index in [4.69, 9.17) is 9.47 Å². The molecule has 0 aromatic rings. The summed E-state index contributed by atoms with van der Waals surface area (Å²) in [6, 6.07) is 0. The molecule has 0 spiro atoms. The molecule has 0 bridgehead atoms. The van der Waals surface area contributed by atoms with Gasteiger partial charge in [0.15, 0.2) is 5.96 Å². The molecule has 1 saturated heterocycles. The van der Waals surface area contributed by atoms with Crippen LogP contribution in [0.5, 0.6) is 0 Å². The van der Waals surface area contributed by atoms with Crippen molar-refractivity contribution in [1.82, 2.24) is 10.2 Å². The van der Waals surface area contributed by atoms with Crippen LogP contribution in [0.2, 0.25) is 0 Å². The first-order chi connectivity index (χ1) is 10.5. The summed E-state index contributed by atoms with van der Waals surface area (Å²) >= 11 is 0. The zero-order chi connectivity index (χ0) is 16.4. The van der Waals surface area contributed by atoms with Crippen molar-refractivity contribution in [1.29, 1.82) is 0 Å². The zero-order valence-electron chi connectivity index (χ0n) is 14.3. The first kappa shape index (κ1) is 22.9. The van der Waals surface area contributed by atoms with E-state index in [2.05, 4.69) is 15.2 Å². The molecular formula is C14H30IN3O4S. The van der Waals surface area contributed by atoms with Gasteiger partial charge in [0.05, 0.1) is 32.1 Å². The Morgan fingerprint density at radius 2 is 2.13 bits per heavy atom. The molecule has 1 rings (SSSR count). The smallest absolute Gasteiger partial charge is 0.193 e. The van der Waals surface area contributed by atoms with E-state index in [1.165, 1.54) is 6.26 Å². The fourth-order valence-electron chi connectivity index (χ4n) is 2.30. The summed E-state index contributed by atoms with van der Waals surface area (Å²) < 4.78 is 32.9. The molecule has 1 N–H and O–H groups in total. The van der Waals surface area contributed by atoms with Crippen LogP contribution in [0.4, 0.5) is 0 Å². The molecule has 9 heteroatoms. The van der Waals surface area contributed by atoms with Crippen LogP contribution >= 0.6 is 24.0 Å². The topological polar surface area (TPSA) is 80.2 Å². The van der Waals surface area contributed by atoms with Gasteiger partial charge in [0, 0.05) is 38.9 Å². The van der Waals surface area contributed by atoms with Gasteiger partial charge in [0.25, 0.3) is 0 Å². The minimum atomic E-state index is -2.97. The van der Waals surface area contributed by atoms with Crippen molar-refractivity contribution in [2.24, 2.45) is 10.9 Å². The molecule has 1 fully saturated rings. The number of nitrogens with zero attached hydrogens (tertiary/aromatic N) is 2. The van der Waals surface area contributed by atoms with Crippen LogP contribution in [0.3, 0.4) is 0 Å². The van der Waals surface area contributed by atoms with Crippen LogP contribution < -0.4 is 5.32 Å². The highest BCUT2D eigenvalue weighted by atomic mass is 127. The van der Waals surface area contributed by atoms with Crippen LogP contribution in [0.25, 0.3) is 0 Å². The number of nitrogens with one attached hydrogen (secondary N) is 1. The van der Waals surface area contributed by atoms with Crippen molar-refractivity contribution >= 4 is 39.8 Å². The summed E-state index contributed by atoms with van der Waals surface area (Å²) in [6.07, 6.45) is 2.29. The molecule has 0 saturated carbocycles. The third-order valence-electron chi connectivity index (χ3n) is 3.43. The van der Waals surface area contributed by atoms with Crippen LogP contribution in [-0.4, -0.2) is 84.4 Å². The monoisotopic (exact) mass is 463 g/mol. The number of hydrogen-bond acceptors (Lipinski definition) is 5. The van der Waals surface area contributed by atoms with Crippen LogP contribution in [0.15, 0.2) is 4.99 Å². The van der Waals surface area contributed by atoms with Gasteiger partial charge in [-0.25, -0.2) is 8.42 Å². The average Bonchev–Trinajstić information content (AvgIpc) is 2.90. The summed E-state index contributed by atoms with van der Waals surface area (Å²) in [4.78, 5) is 6.59. The minimum absolute atomic E-state index is 0. The minimum Gasteiger partial charge on any atom is -0.382 e. The van der Waals surface area contributed by atoms with E-state index < -0.39 is 9.84 Å². The lowest BCUT2D eigenvalue weighted by Gasteiger charge is -2.21. The van der Waals surface area contributed by atoms with Gasteiger partial charge in [0.1, 0.15) is 9.84 Å². The Hall–Kier alpha value is -0.130. The lowest BCUT2D eigenvalue weighted by Crippen LogP contribution is -2.40. The van der Waals surface area contributed by atoms with E-state index in [1.807, 2.05) is 6.92 Å². The van der Waals surface area contributed by atoms with Gasteiger partial charge in [-0.15, -0.1) is 24.0 Å². The second-order valence-corrected chi connectivity index (χ2v) is 7.79. The maximum absolute atomic E-state index is 11.2. The second-order valence-electron chi connectivity index (χ2n) is 5.53. The van der Waals surface area contributed by atoms with Crippen LogP contribution in [0, 0.1) is 5.92 Å². The van der Waals surface area contributed by atoms with Gasteiger partial charge in [-0.3, -0.25) is 4.99 Å². The number of sulfone groups is 1. The van der Waals surface area contributed by atoms with E-state index in [0.717, 1.165) is 38.6 Å². The van der Waals surface area contributed by atoms with E-state index in [0.29, 0.717) is 25.7 Å². The number of rotatable bonds is 9. The molecule has 0 aromatic carbocycles. The predicted octanol–water partition coefficient (Wildman–Crippen LogP) is 0.599. The Balaban J connectivity index is 0.00000484. The Morgan fingerprint density at radius 1 is 1.39 bits per heavy atom. The highest BCUT2D eigenvalue weighted by Gasteiger charge is 2.24. The molecule has 0 aliphatic carbocycles. The number of likely N-dealkylation sites (tertiary alicyclic amines) is 1. The molecule has 7 nitrogen and oxygen atoms in total. The molecule has 1 aliphatic rings. The molecule has 1 aliphatic heterocycles. The van der Waals surface area contributed by atoms with Crippen molar-refractivity contribution in [2.45, 2.75) is 13.3 Å². The fraction of sp³-hybridized carbons (Fsp3) is 0.929. The van der Waals surface area contributed by atoms with E-state index >= 15 is 0 Å². The summed E-state index contributed by atoms with van der Waals surface area (Å²) in [7, 11) is -1.31. The number of halogens is 1. The van der Waals surface area contributed by atoms with Gasteiger partial charge in [-0.2, -0.15) is 0 Å². The van der Waals surface area contributed by atoms with Gasteiger partial charge >= 0.3 is 0 Å². The molecule has 0 amide bonds. The zero-order valence-corrected chi connectivity index (χ0v) is 17.4. The summed E-state index contributed by atoms with van der Waals surface area (Å²) in [6.45, 7) is 6.84. The molecule has 0 radical (unpaired) electrons. The SMILES string of the molecule is CCNC(=NCCS(C)(=O)=O)N1CCC(COCCOC)C1.I. The predicted molar refractivity (Wildman–Crippen MR) is 103 cm³/mol. The normalized spacial score (nSPS) is 18.8. The Kier molecular flexibility index (Phi) is 12.2. The van der Waals surface area contributed by atoms with Crippen LogP contribution in [-0.2, 0) is 19.3 Å². The number of guanidine groups is 1. The Morgan fingerprint density at radius 3 is 2.74 bits per heavy atom. The third kappa shape index (κ3) is 10.4. The lowest BCUT2D eigenvalue weighted by molar-refractivity contribution is 0.0536. The molecule has 1 unspecified atom stereocenters. The molecule has 1 heterocycles. The molecule has 23 heavy (non-hydrogen) atoms. The number of methoxy groups -OCH3 is 1. The average molecular weight is 463 g/mol. The molecular weight excluding hydrogens is 433 g/mol. The molecule has 138 valence electrons. The maximum atomic E-state index is 11.2. The number of hydrogen-bond donors (Lipinski definition) is 1. The van der Waals surface area contributed by atoms with Crippen molar-refractivity contribution in [3.05, 3.63) is 0 Å². The highest BCUT2D eigenvalue weighted by molar-refractivity contribution is 14.0. The van der Waals surface area contributed by atoms with Crippen molar-refractivity contribution in [2.75, 3.05) is 65.1 Å². The van der Waals surface area contributed by atoms with E-state index in [1.54, 1.807) is 7.11 Å². The Bertz CT molecular complexity index is 445. The first-order valence-corrected chi connectivity index (χ1v) is 9.80. The van der Waals surface area contributed by atoms with Gasteiger partial charge < -0.3 is 19.7 Å². The van der Waals surface area contributed by atoms with Gasteiger partial charge in [-0.1, -0.05) is 0 Å². The standard InChI is InChI=1S/C14H29N3O4S.HI/c1-4-15-14(16-6-10-22(3,18)19)17-7-5-13(11-17)12-21-9-8-20-2;/h13H,4-12H2,1-3H3,(H,15,16);1H. The van der Waals surface area contributed by atoms with Crippen LogP contribution in [0.1, 0.15) is 13.3 Å². The summed E-state index contributed by atoms with van der Waals surface area (Å²) in [5, 5.41) is 3.23. The highest BCUT2D eigenvalue weighted by Crippen LogP contribution is 2.16. The molecule has 0 aromatic heterocycles. The van der Waals surface area contributed by atoms with Crippen molar-refractivity contribution < 1.29 is 17.9 Å². The van der Waals surface area contributed by atoms with Crippen molar-refractivity contribution in [3.63, 3.8) is 0 Å².